The average Bonchev–Trinajstić information content (AvgIpc) is 2.26. The van der Waals surface area contributed by atoms with Gasteiger partial charge in [-0.25, -0.2) is 0 Å². The number of unbranched alkanes of at least 4 members (excludes halogenated alkanes) is 1. The molecule has 0 spiro atoms. The molecule has 2 heteroatoms. The lowest BCUT2D eigenvalue weighted by Crippen LogP contribution is -2.46. The van der Waals surface area contributed by atoms with E-state index >= 15 is 0 Å². The van der Waals surface area contributed by atoms with Crippen molar-refractivity contribution in [2.75, 3.05) is 5.75 Å². The minimum atomic E-state index is 0.449. The van der Waals surface area contributed by atoms with Gasteiger partial charge in [-0.05, 0) is 68.1 Å². The molecule has 4 bridgehead atoms. The molecule has 0 amide bonds. The Morgan fingerprint density at radius 1 is 1.11 bits per heavy atom. The van der Waals surface area contributed by atoms with Crippen molar-refractivity contribution in [1.29, 1.82) is 0 Å². The number of carbonyl (C=O) groups excluding carboxylic acids is 1. The van der Waals surface area contributed by atoms with Crippen LogP contribution in [0.2, 0.25) is 0 Å². The largest absolute Gasteiger partial charge is 0.287 e. The summed E-state index contributed by atoms with van der Waals surface area (Å²) in [4.78, 5) is 12.2. The summed E-state index contributed by atoms with van der Waals surface area (Å²) in [6.07, 6.45) is 11.9. The Hall–Kier alpha value is 0.0200. The molecule has 0 N–H and O–H groups in total. The van der Waals surface area contributed by atoms with Crippen LogP contribution < -0.4 is 0 Å². The number of rotatable bonds is 5. The molecule has 0 aliphatic heterocycles. The summed E-state index contributed by atoms with van der Waals surface area (Å²) in [6.45, 7) is 2.20. The van der Waals surface area contributed by atoms with Gasteiger partial charge in [0.15, 0.2) is 5.12 Å². The second-order valence-corrected chi connectivity index (χ2v) is 8.32. The van der Waals surface area contributed by atoms with Crippen molar-refractivity contribution in [2.45, 2.75) is 64.7 Å². The van der Waals surface area contributed by atoms with Crippen LogP contribution in [0.4, 0.5) is 0 Å². The van der Waals surface area contributed by atoms with Gasteiger partial charge in [0, 0.05) is 12.2 Å². The van der Waals surface area contributed by atoms with Gasteiger partial charge in [-0.15, -0.1) is 0 Å². The lowest BCUT2D eigenvalue weighted by atomic mass is 9.49. The highest BCUT2D eigenvalue weighted by molar-refractivity contribution is 8.13. The minimum absolute atomic E-state index is 0.449. The number of carbonyl (C=O) groups is 1. The van der Waals surface area contributed by atoms with Crippen molar-refractivity contribution >= 4 is 16.9 Å². The Kier molecular flexibility index (Phi) is 3.75. The molecule has 0 radical (unpaired) electrons. The van der Waals surface area contributed by atoms with Crippen LogP contribution in [-0.4, -0.2) is 10.9 Å². The topological polar surface area (TPSA) is 17.1 Å². The molecule has 4 aliphatic carbocycles. The predicted molar refractivity (Wildman–Crippen MR) is 77.6 cm³/mol. The van der Waals surface area contributed by atoms with Gasteiger partial charge in [-0.3, -0.25) is 4.79 Å². The zero-order valence-electron chi connectivity index (χ0n) is 11.6. The van der Waals surface area contributed by atoms with Gasteiger partial charge in [0.1, 0.15) is 0 Å². The highest BCUT2D eigenvalue weighted by atomic mass is 32.2. The first-order valence-corrected chi connectivity index (χ1v) is 8.83. The Morgan fingerprint density at radius 2 is 1.67 bits per heavy atom. The van der Waals surface area contributed by atoms with E-state index in [1.54, 1.807) is 11.8 Å². The van der Waals surface area contributed by atoms with Crippen molar-refractivity contribution in [3.63, 3.8) is 0 Å². The third kappa shape index (κ3) is 2.64. The van der Waals surface area contributed by atoms with E-state index in [1.165, 1.54) is 51.4 Å². The van der Waals surface area contributed by atoms with E-state index in [1.807, 2.05) is 0 Å². The van der Waals surface area contributed by atoms with Gasteiger partial charge in [0.2, 0.25) is 0 Å². The lowest BCUT2D eigenvalue weighted by molar-refractivity contribution is -0.119. The fraction of sp³-hybridized carbons (Fsp3) is 0.938. The molecule has 4 fully saturated rings. The molecule has 18 heavy (non-hydrogen) atoms. The fourth-order valence-corrected chi connectivity index (χ4v) is 6.26. The summed E-state index contributed by atoms with van der Waals surface area (Å²) in [5, 5.41) is 0.491. The van der Waals surface area contributed by atoms with Crippen LogP contribution in [0.15, 0.2) is 0 Å². The van der Waals surface area contributed by atoms with Gasteiger partial charge in [-0.1, -0.05) is 25.1 Å². The van der Waals surface area contributed by atoms with Gasteiger partial charge in [-0.2, -0.15) is 0 Å². The van der Waals surface area contributed by atoms with Gasteiger partial charge in [0.25, 0.3) is 0 Å². The van der Waals surface area contributed by atoms with Gasteiger partial charge in [0.05, 0.1) is 0 Å². The molecular weight excluding hydrogens is 240 g/mol. The van der Waals surface area contributed by atoms with Crippen molar-refractivity contribution in [3.8, 4) is 0 Å². The van der Waals surface area contributed by atoms with Crippen molar-refractivity contribution in [1.82, 2.24) is 0 Å². The van der Waals surface area contributed by atoms with Gasteiger partial charge >= 0.3 is 0 Å². The summed E-state index contributed by atoms with van der Waals surface area (Å²) < 4.78 is 0. The normalized spacial score (nSPS) is 41.3. The summed E-state index contributed by atoms with van der Waals surface area (Å²) in [5.74, 6) is 3.97. The minimum Gasteiger partial charge on any atom is -0.287 e. The van der Waals surface area contributed by atoms with E-state index in [0.717, 1.165) is 29.9 Å². The van der Waals surface area contributed by atoms with Crippen LogP contribution in [0.25, 0.3) is 0 Å². The quantitative estimate of drug-likeness (QED) is 0.674. The van der Waals surface area contributed by atoms with Crippen molar-refractivity contribution in [2.24, 2.45) is 23.2 Å². The Morgan fingerprint density at radius 3 is 2.17 bits per heavy atom. The highest BCUT2D eigenvalue weighted by Gasteiger charge is 2.51. The molecule has 1 nitrogen and oxygen atoms in total. The summed E-state index contributed by atoms with van der Waals surface area (Å²) in [6, 6.07) is 0. The van der Waals surface area contributed by atoms with Crippen LogP contribution in [0.5, 0.6) is 0 Å². The number of hydrogen-bond donors (Lipinski definition) is 0. The van der Waals surface area contributed by atoms with Crippen LogP contribution in [0.3, 0.4) is 0 Å². The Bertz CT molecular complexity index is 288. The molecule has 102 valence electrons. The maximum absolute atomic E-state index is 12.2. The summed E-state index contributed by atoms with van der Waals surface area (Å²) in [5.41, 5.74) is 0.449. The predicted octanol–water partition coefficient (Wildman–Crippen LogP) is 4.65. The first-order chi connectivity index (χ1) is 8.69. The van der Waals surface area contributed by atoms with E-state index in [2.05, 4.69) is 6.92 Å². The Labute approximate surface area is 115 Å². The van der Waals surface area contributed by atoms with Crippen molar-refractivity contribution in [3.05, 3.63) is 0 Å². The zero-order chi connectivity index (χ0) is 12.6. The molecule has 4 saturated carbocycles. The van der Waals surface area contributed by atoms with Crippen LogP contribution in [-0.2, 0) is 4.79 Å². The molecule has 4 rings (SSSR count). The van der Waals surface area contributed by atoms with E-state index in [0.29, 0.717) is 10.5 Å². The molecule has 0 heterocycles. The highest BCUT2D eigenvalue weighted by Crippen LogP contribution is 2.61. The smallest absolute Gasteiger partial charge is 0.189 e. The lowest BCUT2D eigenvalue weighted by Gasteiger charge is -2.56. The molecule has 0 saturated heterocycles. The monoisotopic (exact) mass is 266 g/mol. The second-order valence-electron chi connectivity index (χ2n) is 7.17. The van der Waals surface area contributed by atoms with E-state index < -0.39 is 0 Å². The molecule has 0 unspecified atom stereocenters. The average molecular weight is 266 g/mol. The van der Waals surface area contributed by atoms with E-state index in [9.17, 15) is 4.79 Å². The van der Waals surface area contributed by atoms with Crippen molar-refractivity contribution < 1.29 is 4.79 Å². The summed E-state index contributed by atoms with van der Waals surface area (Å²) >= 11 is 1.61. The van der Waals surface area contributed by atoms with E-state index in [-0.39, 0.29) is 0 Å². The number of thioether (sulfide) groups is 1. The van der Waals surface area contributed by atoms with Crippen LogP contribution >= 0.6 is 11.8 Å². The maximum Gasteiger partial charge on any atom is 0.189 e. The molecule has 4 aliphatic rings. The maximum atomic E-state index is 12.2. The Balaban J connectivity index is 1.57. The molecule has 0 aromatic rings. The third-order valence-electron chi connectivity index (χ3n) is 5.45. The second kappa shape index (κ2) is 5.19. The summed E-state index contributed by atoms with van der Waals surface area (Å²) in [7, 11) is 0. The zero-order valence-corrected chi connectivity index (χ0v) is 12.4. The van der Waals surface area contributed by atoms with E-state index in [4.69, 9.17) is 0 Å². The number of hydrogen-bond acceptors (Lipinski definition) is 2. The third-order valence-corrected chi connectivity index (χ3v) is 6.40. The fourth-order valence-electron chi connectivity index (χ4n) is 5.19. The molecule has 0 aromatic carbocycles. The molecule has 0 aromatic heterocycles. The standard InChI is InChI=1S/C16H26OS/c1-2-3-4-18-15(17)11-16-8-12-5-13(9-16)7-14(6-12)10-16/h12-14H,2-11H2,1H3. The van der Waals surface area contributed by atoms with Gasteiger partial charge < -0.3 is 0 Å². The SMILES string of the molecule is CCCCSC(=O)CC12CC3CC(CC(C3)C1)C2. The first kappa shape index (κ1) is 13.0. The van der Waals surface area contributed by atoms with Crippen LogP contribution in [0.1, 0.15) is 64.7 Å². The molecule has 0 atom stereocenters. The molecular formula is C16H26OS. The first-order valence-electron chi connectivity index (χ1n) is 7.85. The van der Waals surface area contributed by atoms with Crippen LogP contribution in [0, 0.1) is 23.2 Å².